The van der Waals surface area contributed by atoms with Crippen molar-refractivity contribution in [2.45, 2.75) is 25.5 Å². The predicted octanol–water partition coefficient (Wildman–Crippen LogP) is 0.600. The van der Waals surface area contributed by atoms with Crippen molar-refractivity contribution >= 4 is 17.5 Å². The predicted molar refractivity (Wildman–Crippen MR) is 73.4 cm³/mol. The molecule has 0 bridgehead atoms. The number of ketones is 1. The topological polar surface area (TPSA) is 60.2 Å². The molecule has 0 aliphatic carbocycles. The van der Waals surface area contributed by atoms with E-state index in [1.54, 1.807) is 6.92 Å². The fourth-order valence-electron chi connectivity index (χ4n) is 1.96. The SMILES string of the molecule is CC(=O)CSc1nnc(C)n1CCN1CCOCC1. The number of hydrogen-bond acceptors (Lipinski definition) is 6. The first-order valence-electron chi connectivity index (χ1n) is 6.49. The van der Waals surface area contributed by atoms with Gasteiger partial charge in [-0.15, -0.1) is 10.2 Å². The van der Waals surface area contributed by atoms with Crippen molar-refractivity contribution in [1.29, 1.82) is 0 Å². The van der Waals surface area contributed by atoms with E-state index in [1.165, 1.54) is 11.8 Å². The molecule has 0 radical (unpaired) electrons. The second-order valence-electron chi connectivity index (χ2n) is 4.63. The van der Waals surface area contributed by atoms with Crippen LogP contribution in [0.15, 0.2) is 5.16 Å². The van der Waals surface area contributed by atoms with Crippen LogP contribution in [0.5, 0.6) is 0 Å². The van der Waals surface area contributed by atoms with Crippen LogP contribution in [-0.2, 0) is 16.1 Å². The fraction of sp³-hybridized carbons (Fsp3) is 0.750. The molecule has 0 spiro atoms. The molecule has 2 rings (SSSR count). The second-order valence-corrected chi connectivity index (χ2v) is 5.57. The van der Waals surface area contributed by atoms with Crippen LogP contribution in [0, 0.1) is 6.92 Å². The Bertz CT molecular complexity index is 429. The van der Waals surface area contributed by atoms with Crippen molar-refractivity contribution in [2.24, 2.45) is 0 Å². The molecule has 2 heterocycles. The molecule has 0 N–H and O–H groups in total. The number of aryl methyl sites for hydroxylation is 1. The van der Waals surface area contributed by atoms with Gasteiger partial charge in [0, 0.05) is 26.2 Å². The number of carbonyl (C=O) groups excluding carboxylic acids is 1. The first-order valence-corrected chi connectivity index (χ1v) is 7.47. The van der Waals surface area contributed by atoms with E-state index < -0.39 is 0 Å². The van der Waals surface area contributed by atoms with E-state index in [-0.39, 0.29) is 5.78 Å². The van der Waals surface area contributed by atoms with Gasteiger partial charge in [0.05, 0.1) is 19.0 Å². The number of morpholine rings is 1. The molecule has 0 unspecified atom stereocenters. The summed E-state index contributed by atoms with van der Waals surface area (Å²) in [6.45, 7) is 8.96. The van der Waals surface area contributed by atoms with Crippen molar-refractivity contribution in [1.82, 2.24) is 19.7 Å². The molecule has 1 saturated heterocycles. The molecule has 106 valence electrons. The molecule has 1 aromatic heterocycles. The van der Waals surface area contributed by atoms with Crippen molar-refractivity contribution in [3.63, 3.8) is 0 Å². The highest BCUT2D eigenvalue weighted by atomic mass is 32.2. The zero-order chi connectivity index (χ0) is 13.7. The number of carbonyl (C=O) groups is 1. The number of Topliss-reactive ketones (excluding diaryl/α,β-unsaturated/α-hetero) is 1. The lowest BCUT2D eigenvalue weighted by atomic mass is 10.4. The molecule has 1 fully saturated rings. The molecule has 0 saturated carbocycles. The Morgan fingerprint density at radius 3 is 2.74 bits per heavy atom. The molecule has 1 aliphatic heterocycles. The lowest BCUT2D eigenvalue weighted by Gasteiger charge is -2.26. The second kappa shape index (κ2) is 7.02. The molecule has 1 aromatic rings. The Morgan fingerprint density at radius 2 is 2.05 bits per heavy atom. The van der Waals surface area contributed by atoms with E-state index in [9.17, 15) is 4.79 Å². The molecular formula is C12H20N4O2S. The summed E-state index contributed by atoms with van der Waals surface area (Å²) in [5.41, 5.74) is 0. The summed E-state index contributed by atoms with van der Waals surface area (Å²) in [6, 6.07) is 0. The average molecular weight is 284 g/mol. The Balaban J connectivity index is 1.90. The number of thioether (sulfide) groups is 1. The summed E-state index contributed by atoms with van der Waals surface area (Å²) in [7, 11) is 0. The normalized spacial score (nSPS) is 16.7. The number of nitrogens with zero attached hydrogens (tertiary/aromatic N) is 4. The largest absolute Gasteiger partial charge is 0.379 e. The maximum Gasteiger partial charge on any atom is 0.191 e. The van der Waals surface area contributed by atoms with Crippen LogP contribution >= 0.6 is 11.8 Å². The number of aromatic nitrogens is 3. The molecule has 0 amide bonds. The lowest BCUT2D eigenvalue weighted by Crippen LogP contribution is -2.38. The Kier molecular flexibility index (Phi) is 5.35. The fourth-order valence-corrected chi connectivity index (χ4v) is 2.77. The van der Waals surface area contributed by atoms with Crippen molar-refractivity contribution in [3.05, 3.63) is 5.82 Å². The summed E-state index contributed by atoms with van der Waals surface area (Å²) in [4.78, 5) is 13.4. The van der Waals surface area contributed by atoms with E-state index in [2.05, 4.69) is 19.7 Å². The highest BCUT2D eigenvalue weighted by molar-refractivity contribution is 7.99. The Hall–Kier alpha value is -0.920. The molecule has 0 atom stereocenters. The average Bonchev–Trinajstić information content (AvgIpc) is 2.76. The number of rotatable bonds is 6. The van der Waals surface area contributed by atoms with Gasteiger partial charge in [0.2, 0.25) is 0 Å². The zero-order valence-corrected chi connectivity index (χ0v) is 12.3. The minimum atomic E-state index is 0.158. The van der Waals surface area contributed by atoms with E-state index in [1.807, 2.05) is 6.92 Å². The molecule has 6 nitrogen and oxygen atoms in total. The third kappa shape index (κ3) is 4.29. The maximum absolute atomic E-state index is 11.0. The molecule has 19 heavy (non-hydrogen) atoms. The third-order valence-electron chi connectivity index (χ3n) is 3.05. The lowest BCUT2D eigenvalue weighted by molar-refractivity contribution is -0.114. The van der Waals surface area contributed by atoms with Crippen LogP contribution < -0.4 is 0 Å². The van der Waals surface area contributed by atoms with E-state index in [0.717, 1.165) is 50.4 Å². The Morgan fingerprint density at radius 1 is 1.32 bits per heavy atom. The summed E-state index contributed by atoms with van der Waals surface area (Å²) < 4.78 is 7.42. The van der Waals surface area contributed by atoms with Gasteiger partial charge in [-0.2, -0.15) is 0 Å². The smallest absolute Gasteiger partial charge is 0.191 e. The summed E-state index contributed by atoms with van der Waals surface area (Å²) in [6.07, 6.45) is 0. The van der Waals surface area contributed by atoms with Crippen molar-refractivity contribution < 1.29 is 9.53 Å². The monoisotopic (exact) mass is 284 g/mol. The van der Waals surface area contributed by atoms with Gasteiger partial charge in [-0.05, 0) is 13.8 Å². The van der Waals surface area contributed by atoms with Gasteiger partial charge < -0.3 is 9.30 Å². The summed E-state index contributed by atoms with van der Waals surface area (Å²) >= 11 is 1.46. The molecule has 0 aromatic carbocycles. The maximum atomic E-state index is 11.0. The van der Waals surface area contributed by atoms with Gasteiger partial charge >= 0.3 is 0 Å². The quantitative estimate of drug-likeness (QED) is 0.713. The van der Waals surface area contributed by atoms with Gasteiger partial charge in [0.25, 0.3) is 0 Å². The third-order valence-corrected chi connectivity index (χ3v) is 4.16. The highest BCUT2D eigenvalue weighted by Crippen LogP contribution is 2.16. The first-order chi connectivity index (χ1) is 9.16. The first kappa shape index (κ1) is 14.5. The number of hydrogen-bond donors (Lipinski definition) is 0. The van der Waals surface area contributed by atoms with Crippen molar-refractivity contribution in [2.75, 3.05) is 38.6 Å². The minimum Gasteiger partial charge on any atom is -0.379 e. The van der Waals surface area contributed by atoms with Crippen LogP contribution in [0.25, 0.3) is 0 Å². The van der Waals surface area contributed by atoms with E-state index >= 15 is 0 Å². The molecular weight excluding hydrogens is 264 g/mol. The summed E-state index contributed by atoms with van der Waals surface area (Å²) in [5.74, 6) is 1.51. The van der Waals surface area contributed by atoms with Crippen molar-refractivity contribution in [3.8, 4) is 0 Å². The van der Waals surface area contributed by atoms with Gasteiger partial charge in [-0.1, -0.05) is 11.8 Å². The standard InChI is InChI=1S/C12H20N4O2S/c1-10(17)9-19-12-14-13-11(2)16(12)4-3-15-5-7-18-8-6-15/h3-9H2,1-2H3. The number of ether oxygens (including phenoxy) is 1. The van der Waals surface area contributed by atoms with Gasteiger partial charge in [0.15, 0.2) is 5.16 Å². The van der Waals surface area contributed by atoms with Crippen LogP contribution in [0.4, 0.5) is 0 Å². The van der Waals surface area contributed by atoms with Crippen LogP contribution in [-0.4, -0.2) is 64.0 Å². The molecule has 1 aliphatic rings. The van der Waals surface area contributed by atoms with E-state index in [4.69, 9.17) is 4.74 Å². The van der Waals surface area contributed by atoms with E-state index in [0.29, 0.717) is 5.75 Å². The Labute approximate surface area is 117 Å². The van der Waals surface area contributed by atoms with Gasteiger partial charge in [0.1, 0.15) is 11.6 Å². The van der Waals surface area contributed by atoms with Crippen LogP contribution in [0.1, 0.15) is 12.7 Å². The van der Waals surface area contributed by atoms with Gasteiger partial charge in [-0.3, -0.25) is 9.69 Å². The zero-order valence-electron chi connectivity index (χ0n) is 11.5. The minimum absolute atomic E-state index is 0.158. The van der Waals surface area contributed by atoms with Gasteiger partial charge in [-0.25, -0.2) is 0 Å². The summed E-state index contributed by atoms with van der Waals surface area (Å²) in [5, 5.41) is 9.06. The van der Waals surface area contributed by atoms with Crippen LogP contribution in [0.2, 0.25) is 0 Å². The highest BCUT2D eigenvalue weighted by Gasteiger charge is 2.14. The van der Waals surface area contributed by atoms with Crippen LogP contribution in [0.3, 0.4) is 0 Å². The molecule has 7 heteroatoms.